The first-order valence-electron chi connectivity index (χ1n) is 26.8. The number of pyridine rings is 1. The van der Waals surface area contributed by atoms with Crippen LogP contribution in [0.2, 0.25) is 0 Å². The van der Waals surface area contributed by atoms with Crippen LogP contribution in [0.3, 0.4) is 0 Å². The van der Waals surface area contributed by atoms with Gasteiger partial charge in [0.25, 0.3) is 6.33 Å². The van der Waals surface area contributed by atoms with E-state index < -0.39 is 11.5 Å². The smallest absolute Gasteiger partial charge is 0.268 e. The number of rotatable bonds is 5. The summed E-state index contributed by atoms with van der Waals surface area (Å²) in [6, 6.07) is 53.3. The van der Waals surface area contributed by atoms with Crippen LogP contribution >= 0.6 is 0 Å². The van der Waals surface area contributed by atoms with Gasteiger partial charge in [-0.3, -0.25) is 4.57 Å². The maximum atomic E-state index is 9.29. The van der Waals surface area contributed by atoms with Gasteiger partial charge in [-0.05, 0) is 113 Å². The summed E-state index contributed by atoms with van der Waals surface area (Å²) < 4.78 is 57.9. The third kappa shape index (κ3) is 7.90. The molecular weight excluding hydrogens is 1060 g/mol. The number of fused-ring (bicyclic) bond motifs is 10. The average Bonchev–Trinajstić information content (AvgIpc) is 3.95. The van der Waals surface area contributed by atoms with Crippen molar-refractivity contribution < 1.29 is 37.2 Å². The number of aromatic nitrogens is 4. The Kier molecular flexibility index (Phi) is 10.0. The van der Waals surface area contributed by atoms with E-state index in [1.165, 1.54) is 5.56 Å². The zero-order chi connectivity index (χ0) is 53.3. The third-order valence-corrected chi connectivity index (χ3v) is 13.9. The van der Waals surface area contributed by atoms with Crippen LogP contribution in [-0.2, 0) is 37.3 Å². The van der Waals surface area contributed by atoms with Crippen molar-refractivity contribution in [3.8, 4) is 73.2 Å². The fourth-order valence-corrected chi connectivity index (χ4v) is 10.3. The molecule has 0 spiro atoms. The third-order valence-electron chi connectivity index (χ3n) is 13.9. The van der Waals surface area contributed by atoms with E-state index in [0.29, 0.717) is 22.7 Å². The molecule has 0 N–H and O–H groups in total. The van der Waals surface area contributed by atoms with Gasteiger partial charge in [-0.15, -0.1) is 29.7 Å². The second-order valence-corrected chi connectivity index (χ2v) is 21.7. The van der Waals surface area contributed by atoms with Gasteiger partial charge < -0.3 is 13.9 Å². The molecule has 11 aromatic rings. The predicted octanol–water partition coefficient (Wildman–Crippen LogP) is 16.5. The molecule has 12 rings (SSSR count). The fourth-order valence-electron chi connectivity index (χ4n) is 10.3. The summed E-state index contributed by atoms with van der Waals surface area (Å²) in [6.07, 6.45) is 5.78. The summed E-state index contributed by atoms with van der Waals surface area (Å²) in [4.78, 5) is 4.88. The molecule has 5 nitrogen and oxygen atoms in total. The van der Waals surface area contributed by atoms with Crippen molar-refractivity contribution in [1.29, 1.82) is 0 Å². The zero-order valence-corrected chi connectivity index (χ0v) is 44.1. The summed E-state index contributed by atoms with van der Waals surface area (Å²) in [5.74, 6) is 1.84. The molecule has 8 aromatic carbocycles. The first-order chi connectivity index (χ1) is 36.2. The molecule has 0 amide bonds. The summed E-state index contributed by atoms with van der Waals surface area (Å²) in [5.41, 5.74) is 14.0. The minimum atomic E-state index is -0.432. The van der Waals surface area contributed by atoms with Gasteiger partial charge >= 0.3 is 0 Å². The van der Waals surface area contributed by atoms with Gasteiger partial charge in [-0.2, -0.15) is 18.2 Å². The second-order valence-electron chi connectivity index (χ2n) is 21.7. The molecule has 3 aromatic heterocycles. The van der Waals surface area contributed by atoms with Crippen LogP contribution in [-0.4, -0.2) is 14.1 Å². The molecule has 0 saturated carbocycles. The van der Waals surface area contributed by atoms with Crippen molar-refractivity contribution in [1.82, 2.24) is 14.1 Å². The number of imidazole rings is 1. The van der Waals surface area contributed by atoms with Crippen LogP contribution in [0.25, 0.3) is 94.5 Å². The quantitative estimate of drug-likeness (QED) is 0.127. The first kappa shape index (κ1) is 41.3. The maximum absolute atomic E-state index is 9.29. The van der Waals surface area contributed by atoms with Gasteiger partial charge in [0.05, 0.1) is 23.6 Å². The largest absolute Gasteiger partial charge is 0.510 e. The molecule has 0 fully saturated rings. The standard InChI is InChI=1S/C66H56N4O.Pt/c1-64(2,3)43-34-35-67-60(38-43)70-57-31-16-15-26-51(57)52-33-32-47(40-58(52)70)71-46-23-17-22-45(39-46)68-41-69-62-54(29-19-30-56(62)66(7,8)9)61-48(42-20-11-10-12-21-42)27-18-28-53(61)49-24-13-14-25-50(49)55-36-44(65(4,5)6)37-59(68)63(55)69;/h10-38H,1-9H3;/q-2;/i10D,11D,12D,20D,21D;. The minimum Gasteiger partial charge on any atom is -0.510 e. The molecule has 4 heterocycles. The van der Waals surface area contributed by atoms with E-state index in [-0.39, 0.29) is 61.6 Å². The molecule has 0 saturated heterocycles. The van der Waals surface area contributed by atoms with Gasteiger partial charge in [-0.1, -0.05) is 183 Å². The van der Waals surface area contributed by atoms with Crippen LogP contribution in [0.4, 0.5) is 0 Å². The van der Waals surface area contributed by atoms with Crippen LogP contribution < -0.4 is 9.30 Å². The maximum Gasteiger partial charge on any atom is 0.268 e. The number of benzene rings is 8. The molecule has 72 heavy (non-hydrogen) atoms. The van der Waals surface area contributed by atoms with Gasteiger partial charge in [-0.25, -0.2) is 4.98 Å². The van der Waals surface area contributed by atoms with E-state index in [4.69, 9.17) is 13.8 Å². The minimum absolute atomic E-state index is 0. The molecular formula is C66H56N4OPt-2. The Morgan fingerprint density at radius 1 is 0.556 bits per heavy atom. The summed E-state index contributed by atoms with van der Waals surface area (Å²) in [6.45, 7) is 19.9. The van der Waals surface area contributed by atoms with Crippen molar-refractivity contribution in [3.05, 3.63) is 211 Å². The van der Waals surface area contributed by atoms with Crippen molar-refractivity contribution in [2.45, 2.75) is 78.6 Å². The van der Waals surface area contributed by atoms with E-state index in [1.54, 1.807) is 0 Å². The Balaban J connectivity index is 0.00000631. The predicted molar refractivity (Wildman–Crippen MR) is 291 cm³/mol. The number of ether oxygens (including phenoxy) is 1. The van der Waals surface area contributed by atoms with Crippen LogP contribution in [0, 0.1) is 18.5 Å². The van der Waals surface area contributed by atoms with E-state index in [9.17, 15) is 2.74 Å². The number of para-hydroxylation sites is 2. The monoisotopic (exact) mass is 1120 g/mol. The van der Waals surface area contributed by atoms with Crippen molar-refractivity contribution >= 4 is 32.8 Å². The molecule has 1 aliphatic rings. The molecule has 0 unspecified atom stereocenters. The number of hydrogen-bond acceptors (Lipinski definition) is 2. The Labute approximate surface area is 444 Å². The van der Waals surface area contributed by atoms with Crippen molar-refractivity contribution in [3.63, 3.8) is 0 Å². The van der Waals surface area contributed by atoms with Gasteiger partial charge in [0, 0.05) is 44.3 Å². The van der Waals surface area contributed by atoms with Gasteiger partial charge in [0.1, 0.15) is 5.82 Å². The van der Waals surface area contributed by atoms with Crippen LogP contribution in [0.1, 0.15) is 85.9 Å². The van der Waals surface area contributed by atoms with E-state index in [0.717, 1.165) is 88.9 Å². The Bertz CT molecular complexity index is 4200. The number of hydrogen-bond donors (Lipinski definition) is 0. The molecule has 6 heteroatoms. The Hall–Kier alpha value is -7.33. The molecule has 0 radical (unpaired) electrons. The zero-order valence-electron chi connectivity index (χ0n) is 46.9. The van der Waals surface area contributed by atoms with E-state index in [1.807, 2.05) is 48.7 Å². The van der Waals surface area contributed by atoms with Crippen molar-refractivity contribution in [2.24, 2.45) is 0 Å². The molecule has 0 bridgehead atoms. The SMILES string of the molecule is [2H]c1c([2H])c([2H])c(-c2cccc3c2-c2cccc(C(C)(C)C)c2-[n+]2[c-]n(-c4[c-]c(Oc5[c-]c6c(cc5)c5ccccc5n6-c5cc(C(C)(C)C)ccn5)ccc4)c4cc(C(C)(C)C)cc(c42)-c2ccccc2-3)c([2H])c1[2H].[Pt]. The summed E-state index contributed by atoms with van der Waals surface area (Å²) in [5, 5.41) is 2.14. The van der Waals surface area contributed by atoms with Crippen molar-refractivity contribution in [2.75, 3.05) is 0 Å². The summed E-state index contributed by atoms with van der Waals surface area (Å²) >= 11 is 0. The Morgan fingerprint density at radius 3 is 1.99 bits per heavy atom. The molecule has 0 atom stereocenters. The Morgan fingerprint density at radius 2 is 1.22 bits per heavy atom. The van der Waals surface area contributed by atoms with E-state index in [2.05, 4.69) is 192 Å². The first-order valence-corrected chi connectivity index (χ1v) is 24.3. The summed E-state index contributed by atoms with van der Waals surface area (Å²) in [7, 11) is 0. The van der Waals surface area contributed by atoms with E-state index >= 15 is 0 Å². The average molecular weight is 1120 g/mol. The van der Waals surface area contributed by atoms with Crippen LogP contribution in [0.5, 0.6) is 11.5 Å². The molecule has 358 valence electrons. The molecule has 0 aliphatic carbocycles. The number of nitrogens with zero attached hydrogens (tertiary/aromatic N) is 4. The molecule has 1 aliphatic heterocycles. The topological polar surface area (TPSA) is 35.9 Å². The second kappa shape index (κ2) is 17.5. The van der Waals surface area contributed by atoms with Crippen LogP contribution in [0.15, 0.2) is 176 Å². The fraction of sp³-hybridized carbons (Fsp3) is 0.182. The van der Waals surface area contributed by atoms with Gasteiger partial charge in [0.15, 0.2) is 0 Å². The van der Waals surface area contributed by atoms with Gasteiger partial charge in [0.2, 0.25) is 0 Å². The normalized spacial score (nSPS) is 13.4.